The normalized spacial score (nSPS) is 10.8. The molecular formula is C20H29N5O. The molecule has 0 atom stereocenters. The number of hydrogen-bond donors (Lipinski definition) is 1. The predicted octanol–water partition coefficient (Wildman–Crippen LogP) is 2.49. The number of benzene rings is 1. The fourth-order valence-electron chi connectivity index (χ4n) is 2.68. The van der Waals surface area contributed by atoms with Gasteiger partial charge in [-0.3, -0.25) is 4.79 Å². The maximum absolute atomic E-state index is 12.4. The second-order valence-corrected chi connectivity index (χ2v) is 6.57. The molecule has 0 aliphatic rings. The number of amides is 1. The first-order valence-corrected chi connectivity index (χ1v) is 9.07. The molecule has 0 spiro atoms. The molecule has 0 bridgehead atoms. The van der Waals surface area contributed by atoms with Crippen LogP contribution in [0.15, 0.2) is 36.4 Å². The second-order valence-electron chi connectivity index (χ2n) is 6.57. The zero-order valence-corrected chi connectivity index (χ0v) is 16.2. The quantitative estimate of drug-likeness (QED) is 0.700. The van der Waals surface area contributed by atoms with E-state index in [-0.39, 0.29) is 5.91 Å². The Balaban J connectivity index is 2.08. The molecule has 0 saturated heterocycles. The van der Waals surface area contributed by atoms with E-state index in [1.165, 1.54) is 5.56 Å². The van der Waals surface area contributed by atoms with Crippen LogP contribution in [0.5, 0.6) is 0 Å². The average Bonchev–Trinajstić information content (AvgIpc) is 2.63. The molecule has 1 amide bonds. The van der Waals surface area contributed by atoms with Crippen LogP contribution >= 0.6 is 0 Å². The number of aryl methyl sites for hydroxylation is 1. The van der Waals surface area contributed by atoms with Crippen molar-refractivity contribution in [1.29, 1.82) is 0 Å². The van der Waals surface area contributed by atoms with Gasteiger partial charge in [-0.2, -0.15) is 0 Å². The Morgan fingerprint density at radius 3 is 2.54 bits per heavy atom. The minimum Gasteiger partial charge on any atom is -0.352 e. The fourth-order valence-corrected chi connectivity index (χ4v) is 2.68. The van der Waals surface area contributed by atoms with E-state index >= 15 is 0 Å². The summed E-state index contributed by atoms with van der Waals surface area (Å²) in [6.07, 6.45) is 0.907. The van der Waals surface area contributed by atoms with Crippen LogP contribution in [0.1, 0.15) is 35.2 Å². The Kier molecular flexibility index (Phi) is 7.53. The van der Waals surface area contributed by atoms with Crippen molar-refractivity contribution in [2.24, 2.45) is 0 Å². The topological polar surface area (TPSA) is 61.4 Å². The maximum atomic E-state index is 12.4. The van der Waals surface area contributed by atoms with Gasteiger partial charge < -0.3 is 15.1 Å². The van der Waals surface area contributed by atoms with Gasteiger partial charge in [-0.25, -0.2) is 9.97 Å². The predicted molar refractivity (Wildman–Crippen MR) is 105 cm³/mol. The van der Waals surface area contributed by atoms with Crippen LogP contribution in [0.25, 0.3) is 0 Å². The first kappa shape index (κ1) is 19.8. The minimum atomic E-state index is -0.147. The van der Waals surface area contributed by atoms with Crippen molar-refractivity contribution in [3.63, 3.8) is 0 Å². The number of carbonyl (C=O) groups excluding carboxylic acids is 1. The highest BCUT2D eigenvalue weighted by molar-refractivity contribution is 5.92. The van der Waals surface area contributed by atoms with E-state index in [0.717, 1.165) is 31.9 Å². The zero-order valence-electron chi connectivity index (χ0n) is 16.2. The van der Waals surface area contributed by atoms with E-state index in [2.05, 4.69) is 44.1 Å². The van der Waals surface area contributed by atoms with E-state index in [4.69, 9.17) is 0 Å². The molecule has 1 heterocycles. The Morgan fingerprint density at radius 2 is 1.88 bits per heavy atom. The average molecular weight is 355 g/mol. The number of anilines is 1. The molecule has 2 rings (SSSR count). The van der Waals surface area contributed by atoms with Crippen molar-refractivity contribution in [2.75, 3.05) is 38.6 Å². The molecule has 0 aliphatic carbocycles. The standard InChI is InChI=1S/C20H29N5O/c1-5-25(15-17-10-7-6-8-11-17)19-14-18(22-16(2)23-19)20(26)21-12-9-13-24(3)4/h6-8,10-11,14H,5,9,12-13,15H2,1-4H3,(H,21,26). The van der Waals surface area contributed by atoms with Gasteiger partial charge in [-0.15, -0.1) is 0 Å². The summed E-state index contributed by atoms with van der Waals surface area (Å²) in [4.78, 5) is 25.5. The van der Waals surface area contributed by atoms with Crippen LogP contribution in [0.3, 0.4) is 0 Å². The molecule has 140 valence electrons. The lowest BCUT2D eigenvalue weighted by atomic mass is 10.2. The van der Waals surface area contributed by atoms with E-state index in [1.54, 1.807) is 6.07 Å². The van der Waals surface area contributed by atoms with Crippen LogP contribution in [0.2, 0.25) is 0 Å². The summed E-state index contributed by atoms with van der Waals surface area (Å²) in [6.45, 7) is 7.03. The summed E-state index contributed by atoms with van der Waals surface area (Å²) in [5, 5.41) is 2.94. The number of nitrogens with zero attached hydrogens (tertiary/aromatic N) is 4. The highest BCUT2D eigenvalue weighted by Gasteiger charge is 2.14. The molecule has 1 aromatic carbocycles. The third kappa shape index (κ3) is 6.11. The third-order valence-electron chi connectivity index (χ3n) is 4.05. The lowest BCUT2D eigenvalue weighted by Crippen LogP contribution is -2.29. The van der Waals surface area contributed by atoms with Crippen LogP contribution in [0, 0.1) is 6.92 Å². The Morgan fingerprint density at radius 1 is 1.15 bits per heavy atom. The van der Waals surface area contributed by atoms with Gasteiger partial charge in [0, 0.05) is 25.7 Å². The van der Waals surface area contributed by atoms with Crippen molar-refractivity contribution < 1.29 is 4.79 Å². The molecule has 0 radical (unpaired) electrons. The van der Waals surface area contributed by atoms with Gasteiger partial charge in [-0.05, 0) is 46.5 Å². The molecular weight excluding hydrogens is 326 g/mol. The van der Waals surface area contributed by atoms with Gasteiger partial charge in [0.2, 0.25) is 0 Å². The van der Waals surface area contributed by atoms with Gasteiger partial charge in [0.05, 0.1) is 0 Å². The maximum Gasteiger partial charge on any atom is 0.270 e. The number of nitrogens with one attached hydrogen (secondary N) is 1. The molecule has 1 aromatic heterocycles. The first-order valence-electron chi connectivity index (χ1n) is 9.07. The number of aromatic nitrogens is 2. The van der Waals surface area contributed by atoms with E-state index in [9.17, 15) is 4.79 Å². The van der Waals surface area contributed by atoms with Crippen molar-refractivity contribution in [3.8, 4) is 0 Å². The Bertz CT molecular complexity index is 703. The number of rotatable bonds is 9. The Labute approximate surface area is 156 Å². The summed E-state index contributed by atoms with van der Waals surface area (Å²) in [7, 11) is 4.04. The van der Waals surface area contributed by atoms with E-state index < -0.39 is 0 Å². The molecule has 6 nitrogen and oxygen atoms in total. The van der Waals surface area contributed by atoms with Gasteiger partial charge in [0.15, 0.2) is 0 Å². The summed E-state index contributed by atoms with van der Waals surface area (Å²) in [6, 6.07) is 12.0. The number of carbonyl (C=O) groups is 1. The summed E-state index contributed by atoms with van der Waals surface area (Å²) in [5.74, 6) is 1.24. The lowest BCUT2D eigenvalue weighted by molar-refractivity contribution is 0.0947. The first-order chi connectivity index (χ1) is 12.5. The van der Waals surface area contributed by atoms with E-state index in [1.807, 2.05) is 39.2 Å². The van der Waals surface area contributed by atoms with Crippen LogP contribution < -0.4 is 10.2 Å². The second kappa shape index (κ2) is 9.87. The van der Waals surface area contributed by atoms with Crippen LogP contribution in [0.4, 0.5) is 5.82 Å². The third-order valence-corrected chi connectivity index (χ3v) is 4.05. The molecule has 2 aromatic rings. The number of hydrogen-bond acceptors (Lipinski definition) is 5. The Hall–Kier alpha value is -2.47. The smallest absolute Gasteiger partial charge is 0.270 e. The highest BCUT2D eigenvalue weighted by atomic mass is 16.1. The summed E-state index contributed by atoms with van der Waals surface area (Å²) in [5.41, 5.74) is 1.63. The molecule has 0 fully saturated rings. The largest absolute Gasteiger partial charge is 0.352 e. The molecule has 6 heteroatoms. The van der Waals surface area contributed by atoms with E-state index in [0.29, 0.717) is 18.1 Å². The molecule has 1 N–H and O–H groups in total. The van der Waals surface area contributed by atoms with Gasteiger partial charge in [-0.1, -0.05) is 30.3 Å². The summed E-state index contributed by atoms with van der Waals surface area (Å²) < 4.78 is 0. The van der Waals surface area contributed by atoms with Crippen molar-refractivity contribution in [2.45, 2.75) is 26.8 Å². The highest BCUT2D eigenvalue weighted by Crippen LogP contribution is 2.16. The molecule has 0 saturated carbocycles. The molecule has 0 aliphatic heterocycles. The minimum absolute atomic E-state index is 0.147. The van der Waals surface area contributed by atoms with Crippen LogP contribution in [-0.4, -0.2) is 54.5 Å². The molecule has 0 unspecified atom stereocenters. The summed E-state index contributed by atoms with van der Waals surface area (Å²) >= 11 is 0. The lowest BCUT2D eigenvalue weighted by Gasteiger charge is -2.22. The van der Waals surface area contributed by atoms with Gasteiger partial charge in [0.25, 0.3) is 5.91 Å². The van der Waals surface area contributed by atoms with Gasteiger partial charge >= 0.3 is 0 Å². The monoisotopic (exact) mass is 355 g/mol. The van der Waals surface area contributed by atoms with Crippen molar-refractivity contribution >= 4 is 11.7 Å². The fraction of sp³-hybridized carbons (Fsp3) is 0.450. The van der Waals surface area contributed by atoms with Crippen molar-refractivity contribution in [3.05, 3.63) is 53.5 Å². The molecule has 26 heavy (non-hydrogen) atoms. The van der Waals surface area contributed by atoms with Crippen LogP contribution in [-0.2, 0) is 6.54 Å². The van der Waals surface area contributed by atoms with Crippen molar-refractivity contribution in [1.82, 2.24) is 20.2 Å². The van der Waals surface area contributed by atoms with Gasteiger partial charge in [0.1, 0.15) is 17.3 Å². The SMILES string of the molecule is CCN(Cc1ccccc1)c1cc(C(=O)NCCCN(C)C)nc(C)n1. The zero-order chi connectivity index (χ0) is 18.9.